The van der Waals surface area contributed by atoms with Crippen molar-refractivity contribution < 1.29 is 37.8 Å². The van der Waals surface area contributed by atoms with Gasteiger partial charge in [-0.2, -0.15) is 0 Å². The predicted octanol–water partition coefficient (Wildman–Crippen LogP) is 6.96. The molecule has 2 amide bonds. The van der Waals surface area contributed by atoms with Gasteiger partial charge in [-0.25, -0.2) is 9.59 Å². The molecule has 294 valence electrons. The molecule has 2 aromatic rings. The van der Waals surface area contributed by atoms with Crippen LogP contribution >= 0.6 is 0 Å². The number of carbonyl (C=O) groups excluding carboxylic acids is 2. The smallest absolute Gasteiger partial charge is 0.529 e. The number of hydrogen-bond donors (Lipinski definition) is 2. The maximum atomic E-state index is 12.5. The van der Waals surface area contributed by atoms with Gasteiger partial charge in [0, 0.05) is 62.5 Å². The van der Waals surface area contributed by atoms with Gasteiger partial charge in [0.2, 0.25) is 0 Å². The van der Waals surface area contributed by atoms with Gasteiger partial charge in [-0.05, 0) is 129 Å². The van der Waals surface area contributed by atoms with Crippen molar-refractivity contribution in [3.05, 3.63) is 47.5 Å². The molecular weight excluding hydrogens is 675 g/mol. The summed E-state index contributed by atoms with van der Waals surface area (Å²) in [4.78, 5) is 28.6. The highest BCUT2D eigenvalue weighted by molar-refractivity contribution is 6.20. The van der Waals surface area contributed by atoms with Crippen molar-refractivity contribution in [2.75, 3.05) is 28.3 Å². The van der Waals surface area contributed by atoms with E-state index < -0.39 is 11.2 Å². The number of hydrogen-bond acceptors (Lipinski definition) is 10. The largest absolute Gasteiger partial charge is 0.576 e. The van der Waals surface area contributed by atoms with Crippen LogP contribution in [0.2, 0.25) is 0 Å². The summed E-state index contributed by atoms with van der Waals surface area (Å²) in [7, 11) is 7.06. The average Bonchev–Trinajstić information content (AvgIpc) is 3.11. The molecule has 0 radical (unpaired) electrons. The van der Waals surface area contributed by atoms with Crippen LogP contribution in [0.15, 0.2) is 36.4 Å². The molecule has 0 unspecified atom stereocenters. The lowest BCUT2D eigenvalue weighted by Gasteiger charge is -2.35. The van der Waals surface area contributed by atoms with E-state index in [1.807, 2.05) is 92.0 Å². The number of nitrogens with one attached hydrogen (secondary N) is 2. The van der Waals surface area contributed by atoms with Gasteiger partial charge in [0.1, 0.15) is 34.2 Å². The van der Waals surface area contributed by atoms with E-state index in [2.05, 4.69) is 10.6 Å². The fourth-order valence-electron chi connectivity index (χ4n) is 6.94. The Kier molecular flexibility index (Phi) is 15.0. The van der Waals surface area contributed by atoms with Crippen LogP contribution in [0, 0.1) is 0 Å². The second kappa shape index (κ2) is 19.0. The van der Waals surface area contributed by atoms with Crippen LogP contribution in [0.25, 0.3) is 0 Å². The first-order valence-electron chi connectivity index (χ1n) is 19.0. The van der Waals surface area contributed by atoms with Crippen LogP contribution < -0.4 is 29.4 Å². The summed E-state index contributed by atoms with van der Waals surface area (Å²) in [6.45, 7) is 12.6. The quantitative estimate of drug-likeness (QED) is 0.197. The molecule has 0 aromatic heterocycles. The molecule has 2 N–H and O–H groups in total. The first-order chi connectivity index (χ1) is 25.0. The monoisotopic (exact) mass is 738 g/mol. The van der Waals surface area contributed by atoms with E-state index in [1.54, 1.807) is 24.0 Å². The topological polar surface area (TPSA) is 120 Å². The number of carbonyl (C=O) groups is 2. The minimum atomic E-state index is -0.503. The molecule has 0 spiro atoms. The van der Waals surface area contributed by atoms with Gasteiger partial charge in [-0.1, -0.05) is 0 Å². The van der Waals surface area contributed by atoms with Gasteiger partial charge in [0.25, 0.3) is 0 Å². The van der Waals surface area contributed by atoms with E-state index in [-0.39, 0.29) is 32.0 Å². The summed E-state index contributed by atoms with van der Waals surface area (Å²) in [6.07, 6.45) is 7.04. The Labute approximate surface area is 317 Å². The summed E-state index contributed by atoms with van der Waals surface area (Å²) >= 11 is 0. The third-order valence-corrected chi connectivity index (χ3v) is 9.97. The van der Waals surface area contributed by atoms with Gasteiger partial charge in [-0.3, -0.25) is 0 Å². The summed E-state index contributed by atoms with van der Waals surface area (Å²) in [6, 6.07) is 12.6. The molecule has 53 heavy (non-hydrogen) atoms. The summed E-state index contributed by atoms with van der Waals surface area (Å²) in [5.74, 6) is 2.96. The number of amides is 2. The van der Waals surface area contributed by atoms with Gasteiger partial charge in [0.05, 0.1) is 14.2 Å². The molecule has 0 saturated heterocycles. The SMILES string of the molecule is COc1ccc(OBOc2ccc(OC)c(CNC3CCC(N(C)C(=O)OC(C)(C)C)CC3)c2)cc1CNC1CCC(N(C)C(=O)OC(C)(C)C)CC1. The van der Waals surface area contributed by atoms with Crippen molar-refractivity contribution in [3.8, 4) is 23.0 Å². The number of ether oxygens (including phenoxy) is 4. The third kappa shape index (κ3) is 13.2. The molecule has 0 aliphatic heterocycles. The lowest BCUT2D eigenvalue weighted by molar-refractivity contribution is 0.0169. The summed E-state index contributed by atoms with van der Waals surface area (Å²) < 4.78 is 34.5. The van der Waals surface area contributed by atoms with Crippen molar-refractivity contribution in [2.24, 2.45) is 0 Å². The Morgan fingerprint density at radius 3 is 1.32 bits per heavy atom. The lowest BCUT2D eigenvalue weighted by atomic mass is 9.90. The van der Waals surface area contributed by atoms with E-state index in [0.717, 1.165) is 74.0 Å². The van der Waals surface area contributed by atoms with Gasteiger partial charge in [0.15, 0.2) is 0 Å². The molecule has 2 aliphatic rings. The van der Waals surface area contributed by atoms with Crippen molar-refractivity contribution in [2.45, 2.75) is 141 Å². The van der Waals surface area contributed by atoms with Gasteiger partial charge >= 0.3 is 19.9 Å². The first-order valence-corrected chi connectivity index (χ1v) is 19.0. The highest BCUT2D eigenvalue weighted by Gasteiger charge is 2.31. The van der Waals surface area contributed by atoms with Gasteiger partial charge < -0.3 is 48.7 Å². The normalized spacial score (nSPS) is 20.5. The molecule has 4 rings (SSSR count). The zero-order valence-electron chi connectivity index (χ0n) is 33.7. The van der Waals surface area contributed by atoms with Crippen LogP contribution in [0.1, 0.15) is 104 Å². The molecular formula is C40H63BN4O8. The average molecular weight is 739 g/mol. The molecule has 2 aliphatic carbocycles. The number of methoxy groups -OCH3 is 2. The van der Waals surface area contributed by atoms with E-state index in [9.17, 15) is 9.59 Å². The number of nitrogens with zero attached hydrogens (tertiary/aromatic N) is 2. The number of rotatable bonds is 14. The van der Waals surface area contributed by atoms with Crippen LogP contribution in [-0.4, -0.2) is 93.4 Å². The van der Waals surface area contributed by atoms with Gasteiger partial charge in [-0.15, -0.1) is 0 Å². The highest BCUT2D eigenvalue weighted by Crippen LogP contribution is 2.29. The van der Waals surface area contributed by atoms with Crippen molar-refractivity contribution >= 4 is 19.9 Å². The maximum absolute atomic E-state index is 12.5. The van der Waals surface area contributed by atoms with Crippen LogP contribution in [0.4, 0.5) is 9.59 Å². The van der Waals surface area contributed by atoms with Crippen LogP contribution in [0.3, 0.4) is 0 Å². The Bertz CT molecular complexity index is 1370. The van der Waals surface area contributed by atoms with Crippen molar-refractivity contribution in [1.82, 2.24) is 20.4 Å². The molecule has 0 bridgehead atoms. The zero-order chi connectivity index (χ0) is 38.8. The zero-order valence-corrected chi connectivity index (χ0v) is 33.7. The van der Waals surface area contributed by atoms with Crippen LogP contribution in [0.5, 0.6) is 23.0 Å². The lowest BCUT2D eigenvalue weighted by Crippen LogP contribution is -2.44. The minimum Gasteiger partial charge on any atom is -0.529 e. The van der Waals surface area contributed by atoms with Crippen molar-refractivity contribution in [1.29, 1.82) is 0 Å². The van der Waals surface area contributed by atoms with E-state index in [1.165, 1.54) is 0 Å². The minimum absolute atomic E-state index is 0.0444. The number of benzene rings is 2. The first kappa shape index (κ1) is 41.9. The molecule has 13 heteroatoms. The third-order valence-electron chi connectivity index (χ3n) is 9.97. The Balaban J connectivity index is 1.23. The molecule has 12 nitrogen and oxygen atoms in total. The Morgan fingerprint density at radius 1 is 0.642 bits per heavy atom. The molecule has 2 saturated carbocycles. The summed E-state index contributed by atoms with van der Waals surface area (Å²) in [5, 5.41) is 7.36. The molecule has 2 aromatic carbocycles. The Hall–Kier alpha value is -3.84. The maximum Gasteiger partial charge on any atom is 0.576 e. The van der Waals surface area contributed by atoms with Crippen molar-refractivity contribution in [3.63, 3.8) is 0 Å². The molecule has 2 fully saturated rings. The van der Waals surface area contributed by atoms with E-state index >= 15 is 0 Å². The fourth-order valence-corrected chi connectivity index (χ4v) is 6.94. The van der Waals surface area contributed by atoms with Crippen LogP contribution in [-0.2, 0) is 22.6 Å². The molecule has 0 atom stereocenters. The predicted molar refractivity (Wildman–Crippen MR) is 208 cm³/mol. The van der Waals surface area contributed by atoms with E-state index in [4.69, 9.17) is 28.3 Å². The highest BCUT2D eigenvalue weighted by atomic mass is 16.6. The standard InChI is InChI=1S/C40H63BN4O8/c1-39(2,3)50-37(46)44(7)31-15-11-29(12-16-31)42-25-27-23-33(19-21-35(27)48-9)52-41-53-34-20-22-36(49-10)28(24-34)26-43-30-13-17-32(18-14-30)45(8)38(47)51-40(4,5)6/h19-24,29-32,41-43H,11-18,25-26H2,1-10H3. The second-order valence-corrected chi connectivity index (χ2v) is 16.3. The second-order valence-electron chi connectivity index (χ2n) is 16.3. The Morgan fingerprint density at radius 2 is 1.00 bits per heavy atom. The summed E-state index contributed by atoms with van der Waals surface area (Å²) in [5.41, 5.74) is 0.996. The fraction of sp³-hybridized carbons (Fsp3) is 0.650. The van der Waals surface area contributed by atoms with E-state index in [0.29, 0.717) is 36.7 Å². The molecule has 0 heterocycles.